The van der Waals surface area contributed by atoms with Crippen LogP contribution in [0.25, 0.3) is 0 Å². The third-order valence-electron chi connectivity index (χ3n) is 3.25. The van der Waals surface area contributed by atoms with E-state index in [0.29, 0.717) is 6.54 Å². The molecule has 0 radical (unpaired) electrons. The van der Waals surface area contributed by atoms with Gasteiger partial charge in [0.05, 0.1) is 11.4 Å². The number of thiophene rings is 1. The lowest BCUT2D eigenvalue weighted by atomic mass is 10.2. The van der Waals surface area contributed by atoms with Crippen LogP contribution in [-0.2, 0) is 19.4 Å². The number of fused-ring (bicyclic) bond motifs is 1. The Balaban J connectivity index is 1.73. The quantitative estimate of drug-likeness (QED) is 0.921. The number of amides is 1. The third kappa shape index (κ3) is 2.06. The highest BCUT2D eigenvalue weighted by Crippen LogP contribution is 2.31. The van der Waals surface area contributed by atoms with E-state index in [1.165, 1.54) is 16.9 Å². The van der Waals surface area contributed by atoms with Crippen LogP contribution in [0.2, 0.25) is 0 Å². The standard InChI is InChI=1S/C13H15N3OS/c1-16(8-12-14-5-6-15-12)13(17)11-7-9-3-2-4-10(9)18-11/h5-7H,2-4,8H2,1H3,(H,14,15). The van der Waals surface area contributed by atoms with Crippen LogP contribution in [0.4, 0.5) is 0 Å². The highest BCUT2D eigenvalue weighted by molar-refractivity contribution is 7.14. The fraction of sp³-hybridized carbons (Fsp3) is 0.385. The molecule has 0 spiro atoms. The molecule has 3 rings (SSSR count). The fourth-order valence-electron chi connectivity index (χ4n) is 2.30. The number of carbonyl (C=O) groups excluding carboxylic acids is 1. The molecule has 1 aliphatic rings. The van der Waals surface area contributed by atoms with E-state index in [-0.39, 0.29) is 5.91 Å². The van der Waals surface area contributed by atoms with E-state index in [2.05, 4.69) is 16.0 Å². The maximum atomic E-state index is 12.3. The van der Waals surface area contributed by atoms with Gasteiger partial charge in [-0.25, -0.2) is 4.98 Å². The first-order valence-electron chi connectivity index (χ1n) is 6.09. The van der Waals surface area contributed by atoms with Gasteiger partial charge in [0.25, 0.3) is 5.91 Å². The van der Waals surface area contributed by atoms with Crippen LogP contribution >= 0.6 is 11.3 Å². The normalized spacial score (nSPS) is 13.6. The summed E-state index contributed by atoms with van der Waals surface area (Å²) in [6.45, 7) is 0.522. The van der Waals surface area contributed by atoms with Crippen molar-refractivity contribution in [2.75, 3.05) is 7.05 Å². The summed E-state index contributed by atoms with van der Waals surface area (Å²) in [6, 6.07) is 2.06. The maximum Gasteiger partial charge on any atom is 0.264 e. The van der Waals surface area contributed by atoms with Crippen molar-refractivity contribution in [3.05, 3.63) is 39.6 Å². The molecular formula is C13H15N3OS. The van der Waals surface area contributed by atoms with Crippen molar-refractivity contribution >= 4 is 17.2 Å². The van der Waals surface area contributed by atoms with Crippen LogP contribution in [0.15, 0.2) is 18.5 Å². The highest BCUT2D eigenvalue weighted by Gasteiger charge is 2.20. The Kier molecular flexibility index (Phi) is 2.91. The van der Waals surface area contributed by atoms with E-state index in [4.69, 9.17) is 0 Å². The first kappa shape index (κ1) is 11.5. The molecule has 0 aliphatic heterocycles. The smallest absolute Gasteiger partial charge is 0.264 e. The molecule has 0 saturated heterocycles. The van der Waals surface area contributed by atoms with Gasteiger partial charge in [-0.1, -0.05) is 0 Å². The van der Waals surface area contributed by atoms with Crippen LogP contribution in [0, 0.1) is 0 Å². The molecule has 94 valence electrons. The van der Waals surface area contributed by atoms with Gasteiger partial charge < -0.3 is 9.88 Å². The number of H-pyrrole nitrogens is 1. The summed E-state index contributed by atoms with van der Waals surface area (Å²) in [6.07, 6.45) is 6.97. The minimum absolute atomic E-state index is 0.0887. The number of aromatic nitrogens is 2. The van der Waals surface area contributed by atoms with Gasteiger partial charge in [-0.05, 0) is 30.9 Å². The Morgan fingerprint density at radius 3 is 3.17 bits per heavy atom. The van der Waals surface area contributed by atoms with Crippen LogP contribution in [0.1, 0.15) is 32.4 Å². The lowest BCUT2D eigenvalue weighted by Crippen LogP contribution is -2.26. The zero-order chi connectivity index (χ0) is 12.5. The number of aromatic amines is 1. The number of hydrogen-bond donors (Lipinski definition) is 1. The Hall–Kier alpha value is -1.62. The number of carbonyl (C=O) groups is 1. The number of nitrogens with one attached hydrogen (secondary N) is 1. The Morgan fingerprint density at radius 1 is 1.56 bits per heavy atom. The number of nitrogens with zero attached hydrogens (tertiary/aromatic N) is 2. The molecule has 0 unspecified atom stereocenters. The fourth-order valence-corrected chi connectivity index (χ4v) is 3.55. The van der Waals surface area contributed by atoms with E-state index in [1.54, 1.807) is 28.6 Å². The van der Waals surface area contributed by atoms with Crippen LogP contribution in [0.5, 0.6) is 0 Å². The van der Waals surface area contributed by atoms with Gasteiger partial charge in [-0.3, -0.25) is 4.79 Å². The molecule has 1 amide bonds. The lowest BCUT2D eigenvalue weighted by Gasteiger charge is -2.14. The van der Waals surface area contributed by atoms with Gasteiger partial charge in [-0.15, -0.1) is 11.3 Å². The van der Waals surface area contributed by atoms with E-state index < -0.39 is 0 Å². The van der Waals surface area contributed by atoms with Crippen molar-refractivity contribution in [1.29, 1.82) is 0 Å². The second-order valence-corrected chi connectivity index (χ2v) is 5.75. The third-order valence-corrected chi connectivity index (χ3v) is 4.47. The Morgan fingerprint density at radius 2 is 2.44 bits per heavy atom. The van der Waals surface area contributed by atoms with E-state index in [1.807, 2.05) is 7.05 Å². The van der Waals surface area contributed by atoms with Gasteiger partial charge in [0.1, 0.15) is 5.82 Å². The Labute approximate surface area is 110 Å². The predicted molar refractivity (Wildman–Crippen MR) is 70.7 cm³/mol. The van der Waals surface area contributed by atoms with Crippen LogP contribution in [0.3, 0.4) is 0 Å². The van der Waals surface area contributed by atoms with Gasteiger partial charge >= 0.3 is 0 Å². The van der Waals surface area contributed by atoms with Crippen molar-refractivity contribution in [2.45, 2.75) is 25.8 Å². The second-order valence-electron chi connectivity index (χ2n) is 4.61. The topological polar surface area (TPSA) is 49.0 Å². The molecule has 2 aromatic heterocycles. The van der Waals surface area contributed by atoms with Crippen LogP contribution in [-0.4, -0.2) is 27.8 Å². The van der Waals surface area contributed by atoms with Gasteiger partial charge in [0.2, 0.25) is 0 Å². The zero-order valence-corrected chi connectivity index (χ0v) is 11.1. The largest absolute Gasteiger partial charge is 0.347 e. The second kappa shape index (κ2) is 4.57. The number of aryl methyl sites for hydroxylation is 2. The first-order chi connectivity index (χ1) is 8.74. The predicted octanol–water partition coefficient (Wildman–Crippen LogP) is 2.23. The molecule has 0 fully saturated rings. The van der Waals surface area contributed by atoms with Gasteiger partial charge in [-0.2, -0.15) is 0 Å². The van der Waals surface area contributed by atoms with Gasteiger partial charge in [0.15, 0.2) is 0 Å². The molecule has 0 aromatic carbocycles. The van der Waals surface area contributed by atoms with Crippen molar-refractivity contribution in [2.24, 2.45) is 0 Å². The number of hydrogen-bond acceptors (Lipinski definition) is 3. The molecular weight excluding hydrogens is 246 g/mol. The van der Waals surface area contributed by atoms with Crippen molar-refractivity contribution in [3.63, 3.8) is 0 Å². The molecule has 1 N–H and O–H groups in total. The minimum Gasteiger partial charge on any atom is -0.347 e. The zero-order valence-electron chi connectivity index (χ0n) is 10.3. The Bertz CT molecular complexity index is 537. The molecule has 2 aromatic rings. The van der Waals surface area contributed by atoms with E-state index in [9.17, 15) is 4.79 Å². The molecule has 1 aliphatic carbocycles. The summed E-state index contributed by atoms with van der Waals surface area (Å²) < 4.78 is 0. The summed E-state index contributed by atoms with van der Waals surface area (Å²) in [5.74, 6) is 0.903. The summed E-state index contributed by atoms with van der Waals surface area (Å²) >= 11 is 1.65. The van der Waals surface area contributed by atoms with E-state index >= 15 is 0 Å². The summed E-state index contributed by atoms with van der Waals surface area (Å²) in [7, 11) is 1.82. The molecule has 0 saturated carbocycles. The number of imidazole rings is 1. The molecule has 18 heavy (non-hydrogen) atoms. The van der Waals surface area contributed by atoms with Crippen molar-refractivity contribution in [3.8, 4) is 0 Å². The monoisotopic (exact) mass is 261 g/mol. The summed E-state index contributed by atoms with van der Waals surface area (Å²) in [5.41, 5.74) is 1.37. The molecule has 0 atom stereocenters. The SMILES string of the molecule is CN(Cc1ncc[nH]1)C(=O)c1cc2c(s1)CCC2. The average molecular weight is 261 g/mol. The van der Waals surface area contributed by atoms with Gasteiger partial charge in [0, 0.05) is 24.3 Å². The summed E-state index contributed by atoms with van der Waals surface area (Å²) in [4.78, 5) is 23.4. The molecule has 4 nitrogen and oxygen atoms in total. The highest BCUT2D eigenvalue weighted by atomic mass is 32.1. The lowest BCUT2D eigenvalue weighted by molar-refractivity contribution is 0.0786. The average Bonchev–Trinajstić information content (AvgIpc) is 3.02. The minimum atomic E-state index is 0.0887. The summed E-state index contributed by atoms with van der Waals surface area (Å²) in [5, 5.41) is 0. The maximum absolute atomic E-state index is 12.3. The molecule has 5 heteroatoms. The van der Waals surface area contributed by atoms with Crippen LogP contribution < -0.4 is 0 Å². The molecule has 2 heterocycles. The molecule has 0 bridgehead atoms. The number of rotatable bonds is 3. The van der Waals surface area contributed by atoms with Crippen molar-refractivity contribution in [1.82, 2.24) is 14.9 Å². The van der Waals surface area contributed by atoms with E-state index in [0.717, 1.165) is 23.5 Å². The van der Waals surface area contributed by atoms with Crippen molar-refractivity contribution < 1.29 is 4.79 Å². The first-order valence-corrected chi connectivity index (χ1v) is 6.91.